The number of carbonyl (C=O) groups is 1. The Bertz CT molecular complexity index is 799. The number of ether oxygens (including phenoxy) is 1. The number of nitrogens with one attached hydrogen (secondary N) is 1. The number of benzene rings is 1. The largest absolute Gasteiger partial charge is 0.495 e. The molecular weight excluding hydrogens is 348 g/mol. The Morgan fingerprint density at radius 3 is 2.62 bits per heavy atom. The third-order valence-corrected chi connectivity index (χ3v) is 6.19. The second-order valence-electron chi connectivity index (χ2n) is 5.24. The summed E-state index contributed by atoms with van der Waals surface area (Å²) in [7, 11) is 0.558. The monoisotopic (exact) mass is 368 g/mol. The van der Waals surface area contributed by atoms with E-state index < -0.39 is 10.0 Å². The van der Waals surface area contributed by atoms with Gasteiger partial charge in [-0.05, 0) is 36.1 Å². The molecule has 24 heavy (non-hydrogen) atoms. The molecule has 1 N–H and O–H groups in total. The highest BCUT2D eigenvalue weighted by Crippen LogP contribution is 2.26. The number of methoxy groups -OCH3 is 1. The smallest absolute Gasteiger partial charge is 0.251 e. The molecule has 1 heterocycles. The minimum atomic E-state index is -3.70. The Morgan fingerprint density at radius 1 is 1.29 bits per heavy atom. The Morgan fingerprint density at radius 2 is 2.04 bits per heavy atom. The first-order valence-corrected chi connectivity index (χ1v) is 9.59. The van der Waals surface area contributed by atoms with Crippen LogP contribution >= 0.6 is 11.3 Å². The Kier molecular flexibility index (Phi) is 5.98. The van der Waals surface area contributed by atoms with Crippen molar-refractivity contribution in [1.82, 2.24) is 9.62 Å². The highest BCUT2D eigenvalue weighted by molar-refractivity contribution is 7.89. The molecular formula is C16H20N2O4S2. The molecule has 0 radical (unpaired) electrons. The molecule has 0 aliphatic heterocycles. The summed E-state index contributed by atoms with van der Waals surface area (Å²) < 4.78 is 30.9. The average molecular weight is 368 g/mol. The molecule has 0 bridgehead atoms. The maximum Gasteiger partial charge on any atom is 0.251 e. The van der Waals surface area contributed by atoms with Crippen molar-refractivity contribution < 1.29 is 17.9 Å². The van der Waals surface area contributed by atoms with Gasteiger partial charge >= 0.3 is 0 Å². The summed E-state index contributed by atoms with van der Waals surface area (Å²) in [5.41, 5.74) is 0.280. The number of hydrogen-bond donors (Lipinski definition) is 1. The van der Waals surface area contributed by atoms with Crippen LogP contribution in [-0.4, -0.2) is 46.4 Å². The normalized spacial score (nSPS) is 11.5. The third-order valence-electron chi connectivity index (χ3n) is 3.42. The first kappa shape index (κ1) is 18.4. The van der Waals surface area contributed by atoms with Gasteiger partial charge in [0.25, 0.3) is 5.91 Å². The summed E-state index contributed by atoms with van der Waals surface area (Å²) in [5, 5.41) is 4.79. The predicted molar refractivity (Wildman–Crippen MR) is 94.2 cm³/mol. The molecule has 0 spiro atoms. The van der Waals surface area contributed by atoms with E-state index in [1.165, 1.54) is 38.2 Å². The van der Waals surface area contributed by atoms with E-state index in [1.54, 1.807) is 17.4 Å². The van der Waals surface area contributed by atoms with E-state index in [4.69, 9.17) is 4.74 Å². The van der Waals surface area contributed by atoms with Crippen LogP contribution in [0.15, 0.2) is 40.6 Å². The predicted octanol–water partition coefficient (Wildman–Crippen LogP) is 1.98. The second-order valence-corrected chi connectivity index (χ2v) is 8.39. The first-order valence-electron chi connectivity index (χ1n) is 7.27. The summed E-state index contributed by atoms with van der Waals surface area (Å²) in [6, 6.07) is 8.35. The molecule has 0 saturated carbocycles. The lowest BCUT2D eigenvalue weighted by molar-refractivity contribution is 0.0954. The van der Waals surface area contributed by atoms with Crippen LogP contribution in [-0.2, 0) is 16.4 Å². The fourth-order valence-corrected chi connectivity index (χ4v) is 3.86. The van der Waals surface area contributed by atoms with Crippen LogP contribution in [0.5, 0.6) is 5.75 Å². The molecule has 130 valence electrons. The molecule has 0 aliphatic carbocycles. The van der Waals surface area contributed by atoms with Crippen molar-refractivity contribution in [2.75, 3.05) is 27.7 Å². The van der Waals surface area contributed by atoms with Crippen LogP contribution in [0.1, 0.15) is 15.2 Å². The maximum absolute atomic E-state index is 12.4. The fourth-order valence-electron chi connectivity index (χ4n) is 2.07. The van der Waals surface area contributed by atoms with Crippen LogP contribution in [0, 0.1) is 0 Å². The van der Waals surface area contributed by atoms with Gasteiger partial charge < -0.3 is 10.1 Å². The highest BCUT2D eigenvalue weighted by Gasteiger charge is 2.23. The van der Waals surface area contributed by atoms with Gasteiger partial charge in [-0.2, -0.15) is 0 Å². The molecule has 1 aromatic carbocycles. The molecule has 0 aliphatic rings. The van der Waals surface area contributed by atoms with Crippen LogP contribution in [0.25, 0.3) is 0 Å². The van der Waals surface area contributed by atoms with E-state index in [1.807, 2.05) is 17.5 Å². The molecule has 2 aromatic rings. The summed E-state index contributed by atoms with van der Waals surface area (Å²) in [6.45, 7) is 0.487. The van der Waals surface area contributed by atoms with Gasteiger partial charge in [-0.25, -0.2) is 12.7 Å². The lowest BCUT2D eigenvalue weighted by atomic mass is 10.2. The summed E-state index contributed by atoms with van der Waals surface area (Å²) in [5.74, 6) is -0.108. The van der Waals surface area contributed by atoms with E-state index in [0.29, 0.717) is 6.54 Å². The minimum absolute atomic E-state index is 0.0269. The number of rotatable bonds is 7. The van der Waals surface area contributed by atoms with Gasteiger partial charge in [-0.15, -0.1) is 11.3 Å². The molecule has 2 rings (SSSR count). The van der Waals surface area contributed by atoms with Crippen LogP contribution in [0.3, 0.4) is 0 Å². The third kappa shape index (κ3) is 4.14. The zero-order valence-electron chi connectivity index (χ0n) is 13.8. The van der Waals surface area contributed by atoms with Gasteiger partial charge in [0.1, 0.15) is 10.6 Å². The van der Waals surface area contributed by atoms with Crippen molar-refractivity contribution >= 4 is 27.3 Å². The van der Waals surface area contributed by atoms with Crippen molar-refractivity contribution in [2.24, 2.45) is 0 Å². The number of thiophene rings is 1. The topological polar surface area (TPSA) is 75.7 Å². The fraction of sp³-hybridized carbons (Fsp3) is 0.312. The first-order chi connectivity index (χ1) is 11.4. The van der Waals surface area contributed by atoms with Crippen LogP contribution < -0.4 is 10.1 Å². The molecule has 0 unspecified atom stereocenters. The Balaban J connectivity index is 2.17. The van der Waals surface area contributed by atoms with Crippen LogP contribution in [0.2, 0.25) is 0 Å². The average Bonchev–Trinajstić information content (AvgIpc) is 3.07. The zero-order chi connectivity index (χ0) is 17.7. The van der Waals surface area contributed by atoms with Crippen molar-refractivity contribution in [3.05, 3.63) is 46.2 Å². The molecule has 1 amide bonds. The summed E-state index contributed by atoms with van der Waals surface area (Å²) in [4.78, 5) is 13.4. The van der Waals surface area contributed by atoms with E-state index >= 15 is 0 Å². The van der Waals surface area contributed by atoms with Gasteiger partial charge in [-0.1, -0.05) is 6.07 Å². The van der Waals surface area contributed by atoms with E-state index in [9.17, 15) is 13.2 Å². The number of sulfonamides is 1. The van der Waals surface area contributed by atoms with E-state index in [2.05, 4.69) is 5.32 Å². The Hall–Kier alpha value is -1.90. The highest BCUT2D eigenvalue weighted by atomic mass is 32.2. The van der Waals surface area contributed by atoms with Gasteiger partial charge in [0.05, 0.1) is 7.11 Å². The summed E-state index contributed by atoms with van der Waals surface area (Å²) >= 11 is 1.63. The second kappa shape index (κ2) is 7.78. The molecule has 0 fully saturated rings. The van der Waals surface area contributed by atoms with Crippen molar-refractivity contribution in [1.29, 1.82) is 0 Å². The van der Waals surface area contributed by atoms with Crippen LogP contribution in [0.4, 0.5) is 0 Å². The number of amides is 1. The van der Waals surface area contributed by atoms with Crippen molar-refractivity contribution in [3.63, 3.8) is 0 Å². The van der Waals surface area contributed by atoms with Gasteiger partial charge in [0.15, 0.2) is 0 Å². The minimum Gasteiger partial charge on any atom is -0.495 e. The number of carbonyl (C=O) groups excluding carboxylic acids is 1. The zero-order valence-corrected chi connectivity index (χ0v) is 15.4. The molecule has 1 aromatic heterocycles. The SMILES string of the molecule is COc1ccc(C(=O)NCCc2cccs2)cc1S(=O)(=O)N(C)C. The summed E-state index contributed by atoms with van der Waals surface area (Å²) in [6.07, 6.45) is 0.739. The van der Waals surface area contributed by atoms with E-state index in [0.717, 1.165) is 10.7 Å². The lowest BCUT2D eigenvalue weighted by Gasteiger charge is -2.15. The van der Waals surface area contributed by atoms with Crippen molar-refractivity contribution in [2.45, 2.75) is 11.3 Å². The number of hydrogen-bond acceptors (Lipinski definition) is 5. The van der Waals surface area contributed by atoms with Crippen molar-refractivity contribution in [3.8, 4) is 5.75 Å². The quantitative estimate of drug-likeness (QED) is 0.811. The molecule has 6 nitrogen and oxygen atoms in total. The molecule has 8 heteroatoms. The number of nitrogens with zero attached hydrogens (tertiary/aromatic N) is 1. The molecule has 0 atom stereocenters. The standard InChI is InChI=1S/C16H20N2O4S2/c1-18(2)24(20,21)15-11-12(6-7-14(15)22-3)16(19)17-9-8-13-5-4-10-23-13/h4-7,10-11H,8-9H2,1-3H3,(H,17,19). The van der Waals surface area contributed by atoms with Gasteiger partial charge in [0.2, 0.25) is 10.0 Å². The van der Waals surface area contributed by atoms with Gasteiger partial charge in [0, 0.05) is 31.1 Å². The Labute approximate surface area is 146 Å². The molecule has 0 saturated heterocycles. The maximum atomic E-state index is 12.4. The van der Waals surface area contributed by atoms with Gasteiger partial charge in [-0.3, -0.25) is 4.79 Å². The lowest BCUT2D eigenvalue weighted by Crippen LogP contribution is -2.27. The van der Waals surface area contributed by atoms with E-state index in [-0.39, 0.29) is 22.1 Å².